The Hall–Kier alpha value is -1.59. The first kappa shape index (κ1) is 12.5. The molecule has 0 aliphatic rings. The molecule has 0 aromatic heterocycles. The minimum Gasteiger partial charge on any atom is -0.497 e. The van der Waals surface area contributed by atoms with Crippen molar-refractivity contribution in [2.75, 3.05) is 12.4 Å². The Labute approximate surface area is 94.2 Å². The maximum Gasteiger partial charge on any atom is 0.243 e. The van der Waals surface area contributed by atoms with Gasteiger partial charge in [-0.15, -0.1) is 0 Å². The van der Waals surface area contributed by atoms with Gasteiger partial charge < -0.3 is 20.9 Å². The molecule has 0 radical (unpaired) electrons. The highest BCUT2D eigenvalue weighted by atomic mass is 16.5. The standard InChI is InChI=1S/C11H16N2O3/c1-7(14)10(12)11(15)13-8-4-3-5-9(6-8)16-2/h3-7,10,14H,12H2,1-2H3,(H,13,15). The molecular weight excluding hydrogens is 208 g/mol. The summed E-state index contributed by atoms with van der Waals surface area (Å²) in [6, 6.07) is 5.97. The van der Waals surface area contributed by atoms with Gasteiger partial charge in [0.05, 0.1) is 13.2 Å². The zero-order valence-corrected chi connectivity index (χ0v) is 9.31. The summed E-state index contributed by atoms with van der Waals surface area (Å²) < 4.78 is 5.01. The Balaban J connectivity index is 2.69. The molecule has 2 atom stereocenters. The predicted octanol–water partition coefficient (Wildman–Crippen LogP) is 0.342. The second-order valence-electron chi connectivity index (χ2n) is 3.49. The lowest BCUT2D eigenvalue weighted by atomic mass is 10.2. The molecule has 0 saturated heterocycles. The van der Waals surface area contributed by atoms with Crippen LogP contribution in [0.2, 0.25) is 0 Å². The quantitative estimate of drug-likeness (QED) is 0.688. The number of carbonyl (C=O) groups is 1. The van der Waals surface area contributed by atoms with Gasteiger partial charge in [-0.2, -0.15) is 0 Å². The topological polar surface area (TPSA) is 84.6 Å². The van der Waals surface area contributed by atoms with Crippen molar-refractivity contribution in [3.63, 3.8) is 0 Å². The molecule has 0 fully saturated rings. The highest BCUT2D eigenvalue weighted by Crippen LogP contribution is 2.16. The van der Waals surface area contributed by atoms with E-state index in [9.17, 15) is 4.79 Å². The van der Waals surface area contributed by atoms with E-state index in [1.807, 2.05) is 0 Å². The van der Waals surface area contributed by atoms with Gasteiger partial charge in [0.1, 0.15) is 11.8 Å². The van der Waals surface area contributed by atoms with Gasteiger partial charge in [0.2, 0.25) is 5.91 Å². The third-order valence-electron chi connectivity index (χ3n) is 2.16. The SMILES string of the molecule is COc1cccc(NC(=O)C(N)C(C)O)c1. The van der Waals surface area contributed by atoms with Gasteiger partial charge in [0, 0.05) is 11.8 Å². The van der Waals surface area contributed by atoms with E-state index in [-0.39, 0.29) is 0 Å². The molecule has 0 heterocycles. The third-order valence-corrected chi connectivity index (χ3v) is 2.16. The Kier molecular flexibility index (Phi) is 4.28. The van der Waals surface area contributed by atoms with Crippen LogP contribution >= 0.6 is 0 Å². The lowest BCUT2D eigenvalue weighted by molar-refractivity contribution is -0.119. The molecule has 1 amide bonds. The first-order valence-corrected chi connectivity index (χ1v) is 4.93. The molecule has 1 aromatic rings. The fraction of sp³-hybridized carbons (Fsp3) is 0.364. The van der Waals surface area contributed by atoms with Crippen molar-refractivity contribution in [3.8, 4) is 5.75 Å². The summed E-state index contributed by atoms with van der Waals surface area (Å²) in [5.41, 5.74) is 6.07. The summed E-state index contributed by atoms with van der Waals surface area (Å²) in [6.45, 7) is 1.47. The molecule has 0 saturated carbocycles. The average molecular weight is 224 g/mol. The highest BCUT2D eigenvalue weighted by Gasteiger charge is 2.18. The van der Waals surface area contributed by atoms with E-state index in [4.69, 9.17) is 15.6 Å². The van der Waals surface area contributed by atoms with Gasteiger partial charge in [0.25, 0.3) is 0 Å². The number of aliphatic hydroxyl groups is 1. The second kappa shape index (κ2) is 5.48. The molecule has 5 nitrogen and oxygen atoms in total. The van der Waals surface area contributed by atoms with E-state index in [1.165, 1.54) is 6.92 Å². The van der Waals surface area contributed by atoms with E-state index in [0.29, 0.717) is 11.4 Å². The van der Waals surface area contributed by atoms with E-state index in [1.54, 1.807) is 31.4 Å². The Morgan fingerprint density at radius 3 is 2.81 bits per heavy atom. The summed E-state index contributed by atoms with van der Waals surface area (Å²) >= 11 is 0. The smallest absolute Gasteiger partial charge is 0.243 e. The van der Waals surface area contributed by atoms with E-state index < -0.39 is 18.1 Å². The molecular formula is C11H16N2O3. The van der Waals surface area contributed by atoms with E-state index in [0.717, 1.165) is 0 Å². The van der Waals surface area contributed by atoms with Gasteiger partial charge in [-0.1, -0.05) is 6.07 Å². The van der Waals surface area contributed by atoms with Crippen LogP contribution in [0.5, 0.6) is 5.75 Å². The van der Waals surface area contributed by atoms with Crippen molar-refractivity contribution >= 4 is 11.6 Å². The molecule has 1 rings (SSSR count). The largest absolute Gasteiger partial charge is 0.497 e. The van der Waals surface area contributed by atoms with Gasteiger partial charge in [-0.25, -0.2) is 0 Å². The van der Waals surface area contributed by atoms with Crippen LogP contribution in [-0.2, 0) is 4.79 Å². The van der Waals surface area contributed by atoms with Crippen molar-refractivity contribution < 1.29 is 14.6 Å². The molecule has 1 aromatic carbocycles. The van der Waals surface area contributed by atoms with Crippen molar-refractivity contribution in [2.24, 2.45) is 5.73 Å². The first-order valence-electron chi connectivity index (χ1n) is 4.93. The van der Waals surface area contributed by atoms with Crippen LogP contribution in [0.1, 0.15) is 6.92 Å². The number of rotatable bonds is 4. The molecule has 0 spiro atoms. The molecule has 16 heavy (non-hydrogen) atoms. The molecule has 88 valence electrons. The lowest BCUT2D eigenvalue weighted by Crippen LogP contribution is -2.43. The first-order chi connectivity index (χ1) is 7.54. The number of hydrogen-bond acceptors (Lipinski definition) is 4. The van der Waals surface area contributed by atoms with Crippen molar-refractivity contribution in [1.82, 2.24) is 0 Å². The molecule has 5 heteroatoms. The summed E-state index contributed by atoms with van der Waals surface area (Å²) in [7, 11) is 1.54. The zero-order chi connectivity index (χ0) is 12.1. The van der Waals surface area contributed by atoms with E-state index >= 15 is 0 Å². The Morgan fingerprint density at radius 1 is 1.56 bits per heavy atom. The number of amides is 1. The number of carbonyl (C=O) groups excluding carboxylic acids is 1. The maximum absolute atomic E-state index is 11.5. The highest BCUT2D eigenvalue weighted by molar-refractivity contribution is 5.95. The van der Waals surface area contributed by atoms with Gasteiger partial charge >= 0.3 is 0 Å². The number of nitrogens with one attached hydrogen (secondary N) is 1. The number of aliphatic hydroxyl groups excluding tert-OH is 1. The second-order valence-corrected chi connectivity index (χ2v) is 3.49. The number of nitrogens with two attached hydrogens (primary N) is 1. The minimum atomic E-state index is -0.939. The zero-order valence-electron chi connectivity index (χ0n) is 9.31. The predicted molar refractivity (Wildman–Crippen MR) is 61.3 cm³/mol. The van der Waals surface area contributed by atoms with Crippen molar-refractivity contribution in [1.29, 1.82) is 0 Å². The van der Waals surface area contributed by atoms with Crippen LogP contribution in [0.25, 0.3) is 0 Å². The Morgan fingerprint density at radius 2 is 2.25 bits per heavy atom. The van der Waals surface area contributed by atoms with Crippen molar-refractivity contribution in [3.05, 3.63) is 24.3 Å². The van der Waals surface area contributed by atoms with Crippen LogP contribution in [0, 0.1) is 0 Å². The van der Waals surface area contributed by atoms with Crippen LogP contribution in [0.3, 0.4) is 0 Å². The van der Waals surface area contributed by atoms with Gasteiger partial charge in [0.15, 0.2) is 0 Å². The number of anilines is 1. The lowest BCUT2D eigenvalue weighted by Gasteiger charge is -2.14. The number of benzene rings is 1. The maximum atomic E-state index is 11.5. The fourth-order valence-corrected chi connectivity index (χ4v) is 1.15. The molecule has 4 N–H and O–H groups in total. The molecule has 0 bridgehead atoms. The molecule has 2 unspecified atom stereocenters. The molecule has 0 aliphatic carbocycles. The van der Waals surface area contributed by atoms with Crippen LogP contribution in [0.15, 0.2) is 24.3 Å². The molecule has 0 aliphatic heterocycles. The summed E-state index contributed by atoms with van der Waals surface area (Å²) in [6.07, 6.45) is -0.884. The monoisotopic (exact) mass is 224 g/mol. The Bertz CT molecular complexity index is 366. The number of ether oxygens (including phenoxy) is 1. The fourth-order valence-electron chi connectivity index (χ4n) is 1.15. The van der Waals surface area contributed by atoms with Crippen LogP contribution < -0.4 is 15.8 Å². The number of hydrogen-bond donors (Lipinski definition) is 3. The third kappa shape index (κ3) is 3.22. The minimum absolute atomic E-state index is 0.428. The van der Waals surface area contributed by atoms with Gasteiger partial charge in [-0.05, 0) is 19.1 Å². The van der Waals surface area contributed by atoms with Crippen LogP contribution in [0.4, 0.5) is 5.69 Å². The van der Waals surface area contributed by atoms with Gasteiger partial charge in [-0.3, -0.25) is 4.79 Å². The summed E-state index contributed by atoms with van der Waals surface area (Å²) in [5.74, 6) is 0.215. The van der Waals surface area contributed by atoms with Crippen molar-refractivity contribution in [2.45, 2.75) is 19.1 Å². The van der Waals surface area contributed by atoms with E-state index in [2.05, 4.69) is 5.32 Å². The average Bonchev–Trinajstić information content (AvgIpc) is 2.28. The van der Waals surface area contributed by atoms with Crippen LogP contribution in [-0.4, -0.2) is 30.3 Å². The summed E-state index contributed by atoms with van der Waals surface area (Å²) in [4.78, 5) is 11.5. The normalized spacial score (nSPS) is 14.0. The number of methoxy groups -OCH3 is 1. The summed E-state index contributed by atoms with van der Waals surface area (Å²) in [5, 5.41) is 11.8.